The number of halogens is 1. The molecule has 2 aromatic heterocycles. The SMILES string of the molecule is O=C(Cn1ncccc1=O)N1CCC(Oc2cccc(F)n2)C1. The van der Waals surface area contributed by atoms with Crippen LogP contribution in [0.15, 0.2) is 41.3 Å². The van der Waals surface area contributed by atoms with E-state index in [2.05, 4.69) is 10.1 Å². The highest BCUT2D eigenvalue weighted by molar-refractivity contribution is 5.76. The lowest BCUT2D eigenvalue weighted by molar-refractivity contribution is -0.131. The topological polar surface area (TPSA) is 77.3 Å². The van der Waals surface area contributed by atoms with Crippen LogP contribution in [-0.2, 0) is 11.3 Å². The number of aromatic nitrogens is 3. The second kappa shape index (κ2) is 6.55. The number of ether oxygens (including phenoxy) is 1. The molecule has 3 heterocycles. The lowest BCUT2D eigenvalue weighted by atomic mass is 10.3. The van der Waals surface area contributed by atoms with Crippen molar-refractivity contribution in [1.29, 1.82) is 0 Å². The molecule has 0 N–H and O–H groups in total. The molecule has 3 rings (SSSR count). The fourth-order valence-corrected chi connectivity index (χ4v) is 2.41. The van der Waals surface area contributed by atoms with E-state index < -0.39 is 5.95 Å². The minimum atomic E-state index is -0.608. The third-order valence-corrected chi connectivity index (χ3v) is 3.55. The quantitative estimate of drug-likeness (QED) is 0.765. The van der Waals surface area contributed by atoms with Crippen LogP contribution in [0.2, 0.25) is 0 Å². The maximum absolute atomic E-state index is 13.0. The zero-order valence-corrected chi connectivity index (χ0v) is 12.3. The second-order valence-corrected chi connectivity index (χ2v) is 5.19. The third kappa shape index (κ3) is 3.71. The van der Waals surface area contributed by atoms with Crippen molar-refractivity contribution < 1.29 is 13.9 Å². The average Bonchev–Trinajstić information content (AvgIpc) is 2.98. The number of hydrogen-bond acceptors (Lipinski definition) is 5. The van der Waals surface area contributed by atoms with Gasteiger partial charge >= 0.3 is 0 Å². The van der Waals surface area contributed by atoms with E-state index in [4.69, 9.17) is 4.74 Å². The highest BCUT2D eigenvalue weighted by Crippen LogP contribution is 2.17. The summed E-state index contributed by atoms with van der Waals surface area (Å²) in [5, 5.41) is 3.86. The Morgan fingerprint density at radius 1 is 1.35 bits per heavy atom. The Balaban J connectivity index is 1.58. The van der Waals surface area contributed by atoms with Crippen LogP contribution in [0.5, 0.6) is 5.88 Å². The van der Waals surface area contributed by atoms with Crippen molar-refractivity contribution in [2.45, 2.75) is 19.1 Å². The van der Waals surface area contributed by atoms with Crippen molar-refractivity contribution in [2.24, 2.45) is 0 Å². The molecule has 1 aliphatic rings. The van der Waals surface area contributed by atoms with Crippen molar-refractivity contribution in [3.05, 3.63) is 52.8 Å². The first-order valence-corrected chi connectivity index (χ1v) is 7.21. The van der Waals surface area contributed by atoms with Gasteiger partial charge in [-0.25, -0.2) is 4.68 Å². The first-order valence-electron chi connectivity index (χ1n) is 7.21. The highest BCUT2D eigenvalue weighted by Gasteiger charge is 2.28. The molecule has 8 heteroatoms. The van der Waals surface area contributed by atoms with E-state index in [-0.39, 0.29) is 30.0 Å². The fraction of sp³-hybridized carbons (Fsp3) is 0.333. The van der Waals surface area contributed by atoms with Crippen LogP contribution in [-0.4, -0.2) is 44.8 Å². The summed E-state index contributed by atoms with van der Waals surface area (Å²) in [6.45, 7) is 0.781. The molecule has 0 aliphatic carbocycles. The predicted molar refractivity (Wildman–Crippen MR) is 78.3 cm³/mol. The van der Waals surface area contributed by atoms with Crippen LogP contribution in [0.1, 0.15) is 6.42 Å². The minimum absolute atomic E-state index is 0.107. The van der Waals surface area contributed by atoms with E-state index >= 15 is 0 Å². The van der Waals surface area contributed by atoms with Crippen LogP contribution in [0.3, 0.4) is 0 Å². The molecule has 0 aromatic carbocycles. The Hall–Kier alpha value is -2.77. The van der Waals surface area contributed by atoms with Gasteiger partial charge in [0.1, 0.15) is 12.6 Å². The molecule has 0 spiro atoms. The van der Waals surface area contributed by atoms with Crippen molar-refractivity contribution in [3.63, 3.8) is 0 Å². The molecule has 1 unspecified atom stereocenters. The summed E-state index contributed by atoms with van der Waals surface area (Å²) in [5.74, 6) is -0.614. The van der Waals surface area contributed by atoms with Gasteiger partial charge in [-0.05, 0) is 12.1 Å². The molecule has 0 saturated carbocycles. The molecule has 7 nitrogen and oxygen atoms in total. The van der Waals surface area contributed by atoms with Gasteiger partial charge in [-0.2, -0.15) is 14.5 Å². The second-order valence-electron chi connectivity index (χ2n) is 5.19. The molecule has 0 radical (unpaired) electrons. The molecule has 0 bridgehead atoms. The first kappa shape index (κ1) is 15.1. The maximum Gasteiger partial charge on any atom is 0.267 e. The predicted octanol–water partition coefficient (Wildman–Crippen LogP) is 0.457. The number of hydrogen-bond donors (Lipinski definition) is 0. The Morgan fingerprint density at radius 2 is 2.22 bits per heavy atom. The summed E-state index contributed by atoms with van der Waals surface area (Å²) >= 11 is 0. The van der Waals surface area contributed by atoms with Gasteiger partial charge in [-0.1, -0.05) is 6.07 Å². The molecular weight excluding hydrogens is 303 g/mol. The van der Waals surface area contributed by atoms with E-state index in [9.17, 15) is 14.0 Å². The lowest BCUT2D eigenvalue weighted by Crippen LogP contribution is -2.36. The van der Waals surface area contributed by atoms with Crippen LogP contribution in [0.25, 0.3) is 0 Å². The molecule has 120 valence electrons. The zero-order chi connectivity index (χ0) is 16.2. The van der Waals surface area contributed by atoms with Crippen molar-refractivity contribution in [3.8, 4) is 5.88 Å². The summed E-state index contributed by atoms with van der Waals surface area (Å²) in [6, 6.07) is 7.20. The number of amides is 1. The van der Waals surface area contributed by atoms with Gasteiger partial charge in [0.05, 0.1) is 6.54 Å². The Kier molecular flexibility index (Phi) is 4.31. The molecule has 1 amide bonds. The van der Waals surface area contributed by atoms with E-state index in [1.807, 2.05) is 0 Å². The normalized spacial score (nSPS) is 17.3. The Labute approximate surface area is 131 Å². The van der Waals surface area contributed by atoms with Gasteiger partial charge in [0, 0.05) is 31.3 Å². The molecule has 23 heavy (non-hydrogen) atoms. The smallest absolute Gasteiger partial charge is 0.267 e. The number of likely N-dealkylation sites (tertiary alicyclic amines) is 1. The van der Waals surface area contributed by atoms with E-state index in [0.717, 1.165) is 4.68 Å². The van der Waals surface area contributed by atoms with Crippen molar-refractivity contribution in [2.75, 3.05) is 13.1 Å². The summed E-state index contributed by atoms with van der Waals surface area (Å²) in [4.78, 5) is 29.0. The number of pyridine rings is 1. The van der Waals surface area contributed by atoms with Gasteiger partial charge < -0.3 is 9.64 Å². The fourth-order valence-electron chi connectivity index (χ4n) is 2.41. The van der Waals surface area contributed by atoms with Gasteiger partial charge in [0.25, 0.3) is 5.56 Å². The number of carbonyl (C=O) groups is 1. The number of rotatable bonds is 4. The van der Waals surface area contributed by atoms with Crippen LogP contribution >= 0.6 is 0 Å². The maximum atomic E-state index is 13.0. The average molecular weight is 318 g/mol. The monoisotopic (exact) mass is 318 g/mol. The van der Waals surface area contributed by atoms with Gasteiger partial charge in [-0.15, -0.1) is 0 Å². The Bertz CT molecular complexity index is 764. The summed E-state index contributed by atoms with van der Waals surface area (Å²) in [7, 11) is 0. The molecule has 1 fully saturated rings. The lowest BCUT2D eigenvalue weighted by Gasteiger charge is -2.17. The van der Waals surface area contributed by atoms with Crippen LogP contribution in [0, 0.1) is 5.95 Å². The van der Waals surface area contributed by atoms with Gasteiger partial charge in [-0.3, -0.25) is 9.59 Å². The summed E-state index contributed by atoms with van der Waals surface area (Å²) in [5.41, 5.74) is -0.322. The van der Waals surface area contributed by atoms with Crippen molar-refractivity contribution >= 4 is 5.91 Å². The molecule has 1 saturated heterocycles. The minimum Gasteiger partial charge on any atom is -0.472 e. The first-order chi connectivity index (χ1) is 11.1. The zero-order valence-electron chi connectivity index (χ0n) is 12.3. The molecule has 2 aromatic rings. The standard InChI is InChI=1S/C15H15FN4O3/c16-12-3-1-4-13(18-12)23-11-6-8-19(9-11)15(22)10-20-14(21)5-2-7-17-20/h1-5,7,11H,6,8-10H2. The number of carbonyl (C=O) groups excluding carboxylic acids is 1. The van der Waals surface area contributed by atoms with Gasteiger partial charge in [0.2, 0.25) is 17.7 Å². The molecule has 1 aliphatic heterocycles. The van der Waals surface area contributed by atoms with E-state index in [0.29, 0.717) is 19.5 Å². The largest absolute Gasteiger partial charge is 0.472 e. The van der Waals surface area contributed by atoms with Crippen LogP contribution < -0.4 is 10.3 Å². The molecule has 1 atom stereocenters. The summed E-state index contributed by atoms with van der Waals surface area (Å²) < 4.78 is 19.7. The van der Waals surface area contributed by atoms with Gasteiger partial charge in [0.15, 0.2) is 0 Å². The van der Waals surface area contributed by atoms with E-state index in [1.165, 1.54) is 30.5 Å². The summed E-state index contributed by atoms with van der Waals surface area (Å²) in [6.07, 6.45) is 1.84. The third-order valence-electron chi connectivity index (χ3n) is 3.55. The van der Waals surface area contributed by atoms with E-state index in [1.54, 1.807) is 11.0 Å². The van der Waals surface area contributed by atoms with Crippen molar-refractivity contribution in [1.82, 2.24) is 19.7 Å². The molecular formula is C15H15FN4O3. The Morgan fingerprint density at radius 3 is 3.00 bits per heavy atom. The highest BCUT2D eigenvalue weighted by atomic mass is 19.1. The van der Waals surface area contributed by atoms with Crippen LogP contribution in [0.4, 0.5) is 4.39 Å². The number of nitrogens with zero attached hydrogens (tertiary/aromatic N) is 4.